The third kappa shape index (κ3) is 16.9. The van der Waals surface area contributed by atoms with Gasteiger partial charge in [0.2, 0.25) is 37.8 Å². The lowest BCUT2D eigenvalue weighted by atomic mass is 9.86. The average Bonchev–Trinajstić information content (AvgIpc) is 1.65. The van der Waals surface area contributed by atoms with Crippen molar-refractivity contribution in [1.29, 1.82) is 0 Å². The van der Waals surface area contributed by atoms with Crippen molar-refractivity contribution >= 4 is 77.6 Å². The van der Waals surface area contributed by atoms with Crippen molar-refractivity contribution in [3.05, 3.63) is 74.1 Å². The number of sulfone groups is 1. The zero-order chi connectivity index (χ0) is 64.8. The summed E-state index contributed by atoms with van der Waals surface area (Å²) in [6.45, 7) is 11.8. The first-order valence-corrected chi connectivity index (χ1v) is 32.8. The predicted molar refractivity (Wildman–Crippen MR) is 324 cm³/mol. The van der Waals surface area contributed by atoms with Crippen molar-refractivity contribution in [2.75, 3.05) is 124 Å². The number of rotatable bonds is 38. The fourth-order valence-electron chi connectivity index (χ4n) is 10.5. The molecule has 26 nitrogen and oxygen atoms in total. The SMILES string of the molecule is CC[C@@]1(O)C(=O)OCc2c1cc1n(c2=O)Cc2c-1nc1cc(F)c(NC(=O)[C@H](C)NC(=O)[C@@H](NC(=O)CCOCCOCCOCCOCCOCCOCCOCCOCCNC(=O)Cc3cc4sc(S(=O)(=O)C5CC5)nc4cc3F)C(C)C)c3c1c2CCO3. The smallest absolute Gasteiger partial charge is 0.343 e. The number of cyclic esters (lactones) is 1. The second kappa shape index (κ2) is 31.7. The number of nitrogens with zero attached hydrogens (tertiary/aromatic N) is 3. The molecule has 4 amide bonds. The molecule has 0 saturated heterocycles. The van der Waals surface area contributed by atoms with E-state index in [-0.39, 0.29) is 121 Å². The Bertz CT molecular complexity index is 3640. The first-order chi connectivity index (χ1) is 43.8. The van der Waals surface area contributed by atoms with Gasteiger partial charge in [-0.1, -0.05) is 20.8 Å². The zero-order valence-corrected chi connectivity index (χ0v) is 52.8. The lowest BCUT2D eigenvalue weighted by molar-refractivity contribution is -0.172. The first-order valence-electron chi connectivity index (χ1n) is 30.4. The minimum absolute atomic E-state index is 0.0155. The summed E-state index contributed by atoms with van der Waals surface area (Å²) >= 11 is 0.992. The quantitative estimate of drug-likeness (QED) is 0.0274. The lowest BCUT2D eigenvalue weighted by Crippen LogP contribution is -2.53. The molecule has 0 radical (unpaired) electrons. The van der Waals surface area contributed by atoms with Gasteiger partial charge < -0.3 is 78.3 Å². The van der Waals surface area contributed by atoms with Crippen LogP contribution in [0.15, 0.2) is 33.4 Å². The average molecular weight is 1310 g/mol. The molecule has 6 heterocycles. The van der Waals surface area contributed by atoms with Crippen molar-refractivity contribution in [3.8, 4) is 17.1 Å². The van der Waals surface area contributed by atoms with Crippen molar-refractivity contribution in [3.63, 3.8) is 0 Å². The van der Waals surface area contributed by atoms with E-state index in [9.17, 15) is 46.7 Å². The molecule has 0 spiro atoms. The molecule has 91 heavy (non-hydrogen) atoms. The maximum Gasteiger partial charge on any atom is 0.343 e. The van der Waals surface area contributed by atoms with Crippen LogP contribution in [0.1, 0.15) is 81.2 Å². The highest BCUT2D eigenvalue weighted by Crippen LogP contribution is 2.46. The summed E-state index contributed by atoms with van der Waals surface area (Å²) in [5.41, 5.74) is 0.425. The number of ether oxygens (including phenoxy) is 10. The number of aliphatic hydroxyl groups is 1. The van der Waals surface area contributed by atoms with E-state index in [1.165, 1.54) is 23.6 Å². The van der Waals surface area contributed by atoms with Crippen LogP contribution in [0.5, 0.6) is 5.75 Å². The van der Waals surface area contributed by atoms with E-state index >= 15 is 4.39 Å². The van der Waals surface area contributed by atoms with Gasteiger partial charge in [-0.2, -0.15) is 0 Å². The van der Waals surface area contributed by atoms with Gasteiger partial charge >= 0.3 is 5.97 Å². The topological polar surface area (TPSA) is 328 Å². The molecule has 3 aliphatic heterocycles. The highest BCUT2D eigenvalue weighted by Gasteiger charge is 2.46. The summed E-state index contributed by atoms with van der Waals surface area (Å²) in [5, 5.41) is 21.9. The number of carbonyl (C=O) groups excluding carboxylic acids is 5. The van der Waals surface area contributed by atoms with Gasteiger partial charge in [0.1, 0.15) is 30.2 Å². The number of esters is 1. The van der Waals surface area contributed by atoms with Gasteiger partial charge in [0.15, 0.2) is 17.2 Å². The zero-order valence-electron chi connectivity index (χ0n) is 51.2. The van der Waals surface area contributed by atoms with Crippen LogP contribution in [0.25, 0.3) is 32.5 Å². The van der Waals surface area contributed by atoms with E-state index in [4.69, 9.17) is 52.4 Å². The molecule has 0 unspecified atom stereocenters. The highest BCUT2D eigenvalue weighted by atomic mass is 32.2. The summed E-state index contributed by atoms with van der Waals surface area (Å²) < 4.78 is 113. The standard InChI is InChI=1S/C61H77F2N7O19S2/c1-5-61(77)42-30-47-53-40(33-70(47)58(75)41(42)34-89-59(61)76)39-8-12-88-55-51(39)46(66-53)32-44(63)54(55)69-56(73)36(4)65-57(74)52(35(2)3)68-49(71)9-11-80-14-16-82-18-20-84-22-24-86-26-27-87-25-23-85-21-19-83-17-15-81-13-10-64-50(72)29-37-28-48-45(31-43(37)62)67-60(90-48)91(78,79)38-6-7-38/h28,30-32,35-36,38,52,77H,5-27,29,33-34H2,1-4H3,(H,64,72)(H,65,74)(H,68,71)(H,69,73)/t36-,52-,61-/m0/s1. The van der Waals surface area contributed by atoms with Crippen LogP contribution < -0.4 is 31.6 Å². The molecule has 3 aromatic heterocycles. The third-order valence-corrected chi connectivity index (χ3v) is 19.3. The van der Waals surface area contributed by atoms with E-state index in [0.29, 0.717) is 126 Å². The predicted octanol–water partition coefficient (Wildman–Crippen LogP) is 3.30. The Labute approximate surface area is 527 Å². The Morgan fingerprint density at radius 3 is 1.92 bits per heavy atom. The van der Waals surface area contributed by atoms with Gasteiger partial charge in [0, 0.05) is 48.0 Å². The normalized spacial score (nSPS) is 16.5. The molecule has 1 saturated carbocycles. The summed E-state index contributed by atoms with van der Waals surface area (Å²) in [6.07, 6.45) is 1.32. The van der Waals surface area contributed by atoms with Crippen LogP contribution in [0.4, 0.5) is 14.5 Å². The first kappa shape index (κ1) is 68.7. The highest BCUT2D eigenvalue weighted by molar-refractivity contribution is 7.94. The number of thiazole rings is 1. The summed E-state index contributed by atoms with van der Waals surface area (Å²) in [7, 11) is -3.49. The molecule has 1 fully saturated rings. The second-order valence-corrected chi connectivity index (χ2v) is 25.8. The Kier molecular flexibility index (Phi) is 23.9. The molecular weight excluding hydrogens is 1240 g/mol. The van der Waals surface area contributed by atoms with Crippen molar-refractivity contribution in [2.24, 2.45) is 5.92 Å². The van der Waals surface area contributed by atoms with E-state index in [1.54, 1.807) is 26.8 Å². The molecule has 2 aromatic carbocycles. The fourth-order valence-corrected chi connectivity index (χ4v) is 13.6. The van der Waals surface area contributed by atoms with E-state index in [1.807, 2.05) is 0 Å². The van der Waals surface area contributed by atoms with Gasteiger partial charge in [-0.3, -0.25) is 24.0 Å². The van der Waals surface area contributed by atoms with Gasteiger partial charge in [-0.25, -0.2) is 32.0 Å². The third-order valence-electron chi connectivity index (χ3n) is 15.6. The Morgan fingerprint density at radius 1 is 0.736 bits per heavy atom. The van der Waals surface area contributed by atoms with Crippen LogP contribution in [0.2, 0.25) is 0 Å². The number of anilines is 1. The number of aromatic nitrogens is 3. The van der Waals surface area contributed by atoms with E-state index < -0.39 is 79.6 Å². The number of carbonyl (C=O) groups is 5. The molecule has 496 valence electrons. The van der Waals surface area contributed by atoms with Gasteiger partial charge in [-0.15, -0.1) is 11.3 Å². The van der Waals surface area contributed by atoms with Crippen LogP contribution in [0, 0.1) is 17.6 Å². The van der Waals surface area contributed by atoms with Crippen molar-refractivity contribution in [2.45, 2.75) is 107 Å². The van der Waals surface area contributed by atoms with Crippen molar-refractivity contribution < 1.29 is 93.6 Å². The summed E-state index contributed by atoms with van der Waals surface area (Å²) in [6, 6.07) is 3.19. The summed E-state index contributed by atoms with van der Waals surface area (Å²) in [5.74, 6) is -4.88. The number of fused-ring (bicyclic) bond motifs is 6. The Balaban J connectivity index is 0.554. The maximum absolute atomic E-state index is 16.1. The molecule has 5 aromatic rings. The van der Waals surface area contributed by atoms with E-state index in [2.05, 4.69) is 26.3 Å². The van der Waals surface area contributed by atoms with Crippen LogP contribution in [0.3, 0.4) is 0 Å². The second-order valence-electron chi connectivity index (χ2n) is 22.4. The molecule has 1 aliphatic carbocycles. The molecular formula is C61H77F2N7O19S2. The van der Waals surface area contributed by atoms with Crippen LogP contribution >= 0.6 is 11.3 Å². The number of benzene rings is 2. The van der Waals surface area contributed by atoms with Gasteiger partial charge in [-0.05, 0) is 55.4 Å². The maximum atomic E-state index is 16.1. The molecule has 0 bridgehead atoms. The van der Waals surface area contributed by atoms with E-state index in [0.717, 1.165) is 23.0 Å². The lowest BCUT2D eigenvalue weighted by Gasteiger charge is -2.31. The Morgan fingerprint density at radius 2 is 1.33 bits per heavy atom. The number of hydrogen-bond acceptors (Lipinski definition) is 22. The Hall–Kier alpha value is -6.71. The van der Waals surface area contributed by atoms with Gasteiger partial charge in [0.05, 0.1) is 163 Å². The number of hydrogen-bond donors (Lipinski definition) is 5. The summed E-state index contributed by atoms with van der Waals surface area (Å²) in [4.78, 5) is 87.7. The fraction of sp³-hybridized carbons (Fsp3) is 0.574. The molecule has 4 aliphatic rings. The molecule has 30 heteroatoms. The molecule has 5 N–H and O–H groups in total. The van der Waals surface area contributed by atoms with Crippen LogP contribution in [-0.2, 0) is 108 Å². The minimum atomic E-state index is -3.49. The number of amides is 4. The number of nitrogens with one attached hydrogen (secondary N) is 4. The van der Waals surface area contributed by atoms with Gasteiger partial charge in [0.25, 0.3) is 5.56 Å². The molecule has 3 atom stereocenters. The monoisotopic (exact) mass is 1310 g/mol. The largest absolute Gasteiger partial charge is 0.490 e. The van der Waals surface area contributed by atoms with Crippen LogP contribution in [-0.4, -0.2) is 194 Å². The van der Waals surface area contributed by atoms with Crippen molar-refractivity contribution in [1.82, 2.24) is 30.5 Å². The minimum Gasteiger partial charge on any atom is -0.490 e. The molecule has 9 rings (SSSR count). The number of halogens is 2. The number of pyridine rings is 2.